The Hall–Kier alpha value is -1.51. The molecule has 0 fully saturated rings. The van der Waals surface area contributed by atoms with E-state index in [-0.39, 0.29) is 6.61 Å². The van der Waals surface area contributed by atoms with Crippen LogP contribution >= 0.6 is 11.6 Å². The van der Waals surface area contributed by atoms with Crippen molar-refractivity contribution in [3.63, 3.8) is 0 Å². The van der Waals surface area contributed by atoms with Crippen molar-refractivity contribution in [1.29, 1.82) is 0 Å². The minimum absolute atomic E-state index is 0.0226. The van der Waals surface area contributed by atoms with Crippen molar-refractivity contribution in [2.45, 2.75) is 20.0 Å². The van der Waals surface area contributed by atoms with E-state index in [4.69, 9.17) is 21.4 Å². The van der Waals surface area contributed by atoms with Gasteiger partial charge in [-0.15, -0.1) is 0 Å². The number of aliphatic hydroxyl groups is 1. The molecule has 0 aliphatic rings. The lowest BCUT2D eigenvalue weighted by Crippen LogP contribution is -1.88. The second kappa shape index (κ2) is 5.89. The van der Waals surface area contributed by atoms with Gasteiger partial charge in [-0.3, -0.25) is 0 Å². The second-order valence-electron chi connectivity index (χ2n) is 4.02. The molecule has 0 amide bonds. The molecule has 0 bridgehead atoms. The molecule has 0 aromatic heterocycles. The summed E-state index contributed by atoms with van der Waals surface area (Å²) < 4.78 is 5.69. The molecule has 2 nitrogen and oxygen atoms in total. The Balaban J connectivity index is 2.17. The number of rotatable bonds is 4. The van der Waals surface area contributed by atoms with Gasteiger partial charge in [0.2, 0.25) is 0 Å². The van der Waals surface area contributed by atoms with Gasteiger partial charge in [-0.1, -0.05) is 36.7 Å². The van der Waals surface area contributed by atoms with Gasteiger partial charge in [-0.05, 0) is 41.8 Å². The topological polar surface area (TPSA) is 29.5 Å². The maximum atomic E-state index is 9.00. The van der Waals surface area contributed by atoms with Crippen LogP contribution in [0.25, 0.3) is 0 Å². The highest BCUT2D eigenvalue weighted by atomic mass is 35.5. The summed E-state index contributed by atoms with van der Waals surface area (Å²) in [4.78, 5) is 0. The fraction of sp³-hybridized carbons (Fsp3) is 0.200. The lowest BCUT2D eigenvalue weighted by molar-refractivity contribution is 0.281. The van der Waals surface area contributed by atoms with Crippen LogP contribution in [-0.4, -0.2) is 5.11 Å². The average molecular weight is 263 g/mol. The zero-order valence-corrected chi connectivity index (χ0v) is 10.9. The molecular weight excluding hydrogens is 248 g/mol. The van der Waals surface area contributed by atoms with Crippen LogP contribution in [0.4, 0.5) is 0 Å². The third-order valence-corrected chi connectivity index (χ3v) is 3.03. The van der Waals surface area contributed by atoms with Crippen molar-refractivity contribution in [1.82, 2.24) is 0 Å². The van der Waals surface area contributed by atoms with Gasteiger partial charge in [-0.2, -0.15) is 0 Å². The zero-order valence-electron chi connectivity index (χ0n) is 10.2. The Bertz CT molecular complexity index is 521. The van der Waals surface area contributed by atoms with Crippen LogP contribution in [0.5, 0.6) is 11.5 Å². The summed E-state index contributed by atoms with van der Waals surface area (Å²) in [5, 5.41) is 9.50. The third-order valence-electron chi connectivity index (χ3n) is 2.74. The molecule has 2 aromatic rings. The molecule has 3 heteroatoms. The number of hydrogen-bond acceptors (Lipinski definition) is 2. The molecule has 2 rings (SSSR count). The molecule has 18 heavy (non-hydrogen) atoms. The standard InChI is InChI=1S/C15H15ClO2/c1-2-11-3-6-13(7-4-11)18-15-8-5-12(10-17)9-14(15)16/h3-9,17H,2,10H2,1H3. The fourth-order valence-electron chi connectivity index (χ4n) is 1.65. The van der Waals surface area contributed by atoms with E-state index in [1.54, 1.807) is 18.2 Å². The van der Waals surface area contributed by atoms with Gasteiger partial charge in [0, 0.05) is 0 Å². The molecule has 0 heterocycles. The average Bonchev–Trinajstić information content (AvgIpc) is 2.42. The van der Waals surface area contributed by atoms with Crippen molar-refractivity contribution in [2.24, 2.45) is 0 Å². The number of hydrogen-bond donors (Lipinski definition) is 1. The van der Waals surface area contributed by atoms with E-state index >= 15 is 0 Å². The van der Waals surface area contributed by atoms with Crippen LogP contribution < -0.4 is 4.74 Å². The summed E-state index contributed by atoms with van der Waals surface area (Å²) in [6.45, 7) is 2.09. The highest BCUT2D eigenvalue weighted by Crippen LogP contribution is 2.30. The summed E-state index contributed by atoms with van der Waals surface area (Å²) >= 11 is 6.08. The first-order chi connectivity index (χ1) is 8.72. The predicted octanol–water partition coefficient (Wildman–Crippen LogP) is 4.19. The minimum atomic E-state index is -0.0226. The highest BCUT2D eigenvalue weighted by Gasteiger charge is 2.04. The first-order valence-electron chi connectivity index (χ1n) is 5.89. The van der Waals surface area contributed by atoms with Crippen LogP contribution in [0, 0.1) is 0 Å². The van der Waals surface area contributed by atoms with Crippen molar-refractivity contribution >= 4 is 11.6 Å². The van der Waals surface area contributed by atoms with Crippen molar-refractivity contribution in [3.8, 4) is 11.5 Å². The molecule has 1 N–H and O–H groups in total. The number of halogens is 1. The Morgan fingerprint density at radius 2 is 1.72 bits per heavy atom. The van der Waals surface area contributed by atoms with E-state index in [2.05, 4.69) is 6.92 Å². The van der Waals surface area contributed by atoms with Crippen molar-refractivity contribution in [2.75, 3.05) is 0 Å². The maximum absolute atomic E-state index is 9.00. The quantitative estimate of drug-likeness (QED) is 0.895. The largest absolute Gasteiger partial charge is 0.456 e. The lowest BCUT2D eigenvalue weighted by atomic mass is 10.2. The van der Waals surface area contributed by atoms with Crippen LogP contribution in [0.1, 0.15) is 18.1 Å². The van der Waals surface area contributed by atoms with Crippen LogP contribution in [0.3, 0.4) is 0 Å². The van der Waals surface area contributed by atoms with E-state index in [1.807, 2.05) is 24.3 Å². The Morgan fingerprint density at radius 3 is 2.28 bits per heavy atom. The molecule has 0 saturated carbocycles. The van der Waals surface area contributed by atoms with E-state index in [0.29, 0.717) is 10.8 Å². The minimum Gasteiger partial charge on any atom is -0.456 e. The van der Waals surface area contributed by atoms with Gasteiger partial charge in [0.1, 0.15) is 11.5 Å². The van der Waals surface area contributed by atoms with E-state index in [0.717, 1.165) is 17.7 Å². The van der Waals surface area contributed by atoms with Crippen LogP contribution in [0.15, 0.2) is 42.5 Å². The second-order valence-corrected chi connectivity index (χ2v) is 4.43. The molecule has 94 valence electrons. The highest BCUT2D eigenvalue weighted by molar-refractivity contribution is 6.32. The predicted molar refractivity (Wildman–Crippen MR) is 73.3 cm³/mol. The number of benzene rings is 2. The molecule has 0 atom stereocenters. The van der Waals surface area contributed by atoms with E-state index < -0.39 is 0 Å². The molecule has 0 unspecified atom stereocenters. The molecule has 0 saturated heterocycles. The SMILES string of the molecule is CCc1ccc(Oc2ccc(CO)cc2Cl)cc1. The van der Waals surface area contributed by atoms with E-state index in [9.17, 15) is 0 Å². The molecule has 0 spiro atoms. The van der Waals surface area contributed by atoms with Crippen LogP contribution in [-0.2, 0) is 13.0 Å². The summed E-state index contributed by atoms with van der Waals surface area (Å²) in [7, 11) is 0. The first-order valence-corrected chi connectivity index (χ1v) is 6.27. The van der Waals surface area contributed by atoms with Gasteiger partial charge >= 0.3 is 0 Å². The first kappa shape index (κ1) is 12.9. The fourth-order valence-corrected chi connectivity index (χ4v) is 1.89. The molecule has 2 aromatic carbocycles. The zero-order chi connectivity index (χ0) is 13.0. The maximum Gasteiger partial charge on any atom is 0.146 e. The van der Waals surface area contributed by atoms with E-state index in [1.165, 1.54) is 5.56 Å². The van der Waals surface area contributed by atoms with Crippen LogP contribution in [0.2, 0.25) is 5.02 Å². The summed E-state index contributed by atoms with van der Waals surface area (Å²) in [6.07, 6.45) is 1.01. The number of aryl methyl sites for hydroxylation is 1. The normalized spacial score (nSPS) is 10.4. The lowest BCUT2D eigenvalue weighted by Gasteiger charge is -2.09. The van der Waals surface area contributed by atoms with Crippen molar-refractivity contribution in [3.05, 3.63) is 58.6 Å². The third kappa shape index (κ3) is 3.03. The number of ether oxygens (including phenoxy) is 1. The van der Waals surface area contributed by atoms with Gasteiger partial charge in [0.15, 0.2) is 0 Å². The molecule has 0 radical (unpaired) electrons. The summed E-state index contributed by atoms with van der Waals surface area (Å²) in [5.41, 5.74) is 2.04. The molecular formula is C15H15ClO2. The summed E-state index contributed by atoms with van der Waals surface area (Å²) in [5.74, 6) is 1.35. The Morgan fingerprint density at radius 1 is 1.06 bits per heavy atom. The van der Waals surface area contributed by atoms with Gasteiger partial charge in [0.05, 0.1) is 11.6 Å². The summed E-state index contributed by atoms with van der Waals surface area (Å²) in [6, 6.07) is 13.2. The Kier molecular flexibility index (Phi) is 4.24. The van der Waals surface area contributed by atoms with Gasteiger partial charge in [-0.25, -0.2) is 0 Å². The molecule has 0 aliphatic heterocycles. The van der Waals surface area contributed by atoms with Gasteiger partial charge in [0.25, 0.3) is 0 Å². The smallest absolute Gasteiger partial charge is 0.146 e. The number of aliphatic hydroxyl groups excluding tert-OH is 1. The monoisotopic (exact) mass is 262 g/mol. The Labute approximate surface area is 112 Å². The molecule has 0 aliphatic carbocycles. The van der Waals surface area contributed by atoms with Crippen molar-refractivity contribution < 1.29 is 9.84 Å². The van der Waals surface area contributed by atoms with Gasteiger partial charge < -0.3 is 9.84 Å².